The fraction of sp³-hybridized carbons (Fsp3) is 0.429. The van der Waals surface area contributed by atoms with Crippen molar-refractivity contribution in [2.75, 3.05) is 14.1 Å². The van der Waals surface area contributed by atoms with Crippen molar-refractivity contribution in [3.63, 3.8) is 0 Å². The molecule has 2 amide bonds. The summed E-state index contributed by atoms with van der Waals surface area (Å²) in [7, 11) is 3.23. The van der Waals surface area contributed by atoms with Gasteiger partial charge in [-0.2, -0.15) is 0 Å². The summed E-state index contributed by atoms with van der Waals surface area (Å²) in [5, 5.41) is 12.5. The number of amides is 2. The van der Waals surface area contributed by atoms with E-state index in [0.29, 0.717) is 5.56 Å². The third-order valence-electron chi connectivity index (χ3n) is 2.74. The topological polar surface area (TPSA) is 69.6 Å². The fourth-order valence-electron chi connectivity index (χ4n) is 1.78. The van der Waals surface area contributed by atoms with Gasteiger partial charge >= 0.3 is 0 Å². The molecule has 0 spiro atoms. The first-order chi connectivity index (χ1) is 8.75. The molecule has 0 radical (unpaired) electrons. The molecule has 0 saturated carbocycles. The van der Waals surface area contributed by atoms with Crippen molar-refractivity contribution in [3.05, 3.63) is 35.9 Å². The summed E-state index contributed by atoms with van der Waals surface area (Å²) in [5.74, 6) is -0.826. The van der Waals surface area contributed by atoms with Crippen molar-refractivity contribution in [2.24, 2.45) is 0 Å². The molecule has 1 rings (SSSR count). The molecule has 1 aromatic carbocycles. The minimum absolute atomic E-state index is 0.235. The van der Waals surface area contributed by atoms with Gasteiger partial charge in [0.1, 0.15) is 5.54 Å². The zero-order valence-corrected chi connectivity index (χ0v) is 11.7. The Morgan fingerprint density at radius 3 is 2.21 bits per heavy atom. The Hall–Kier alpha value is -1.88. The minimum Gasteiger partial charge on any atom is -0.378 e. The van der Waals surface area contributed by atoms with Crippen LogP contribution in [0.4, 0.5) is 0 Å². The highest BCUT2D eigenvalue weighted by molar-refractivity contribution is 5.92. The van der Waals surface area contributed by atoms with Crippen molar-refractivity contribution in [1.29, 1.82) is 0 Å². The summed E-state index contributed by atoms with van der Waals surface area (Å²) in [6.45, 7) is 3.20. The summed E-state index contributed by atoms with van der Waals surface area (Å²) in [4.78, 5) is 25.2. The molecule has 2 N–H and O–H groups in total. The third-order valence-corrected chi connectivity index (χ3v) is 2.74. The van der Waals surface area contributed by atoms with E-state index >= 15 is 0 Å². The summed E-state index contributed by atoms with van der Waals surface area (Å²) in [5.41, 5.74) is -0.566. The number of likely N-dealkylation sites (N-methyl/N-ethyl adjacent to an activating group) is 1. The van der Waals surface area contributed by atoms with Gasteiger partial charge < -0.3 is 15.3 Å². The summed E-state index contributed by atoms with van der Waals surface area (Å²) in [6, 6.07) is 8.59. The van der Waals surface area contributed by atoms with Crippen LogP contribution in [0.1, 0.15) is 25.5 Å². The lowest BCUT2D eigenvalue weighted by Gasteiger charge is -2.29. The summed E-state index contributed by atoms with van der Waals surface area (Å²) in [6.07, 6.45) is -1.28. The van der Waals surface area contributed by atoms with E-state index in [9.17, 15) is 14.7 Å². The molecule has 1 atom stereocenters. The number of nitrogens with zero attached hydrogens (tertiary/aromatic N) is 1. The van der Waals surface area contributed by atoms with Crippen molar-refractivity contribution >= 4 is 11.8 Å². The van der Waals surface area contributed by atoms with Crippen LogP contribution >= 0.6 is 0 Å². The maximum absolute atomic E-state index is 12.0. The van der Waals surface area contributed by atoms with Crippen molar-refractivity contribution < 1.29 is 14.7 Å². The van der Waals surface area contributed by atoms with E-state index in [4.69, 9.17) is 0 Å². The van der Waals surface area contributed by atoms with Gasteiger partial charge in [-0.25, -0.2) is 0 Å². The molecule has 1 unspecified atom stereocenters. The molecule has 19 heavy (non-hydrogen) atoms. The molecule has 0 bridgehead atoms. The van der Waals surface area contributed by atoms with Gasteiger partial charge in [-0.05, 0) is 19.4 Å². The maximum Gasteiger partial charge on any atom is 0.254 e. The number of aliphatic hydroxyl groups is 1. The van der Waals surface area contributed by atoms with Gasteiger partial charge in [0.15, 0.2) is 6.10 Å². The summed E-state index contributed by atoms with van der Waals surface area (Å²) >= 11 is 0. The molecule has 0 aliphatic carbocycles. The van der Waals surface area contributed by atoms with Gasteiger partial charge in [-0.3, -0.25) is 9.59 Å². The van der Waals surface area contributed by atoms with Crippen LogP contribution in [0.25, 0.3) is 0 Å². The van der Waals surface area contributed by atoms with E-state index in [1.54, 1.807) is 58.3 Å². The van der Waals surface area contributed by atoms with Crippen LogP contribution in [0, 0.1) is 0 Å². The van der Waals surface area contributed by atoms with E-state index in [2.05, 4.69) is 5.32 Å². The second-order valence-electron chi connectivity index (χ2n) is 5.13. The normalized spacial score (nSPS) is 12.7. The molecular weight excluding hydrogens is 244 g/mol. The Morgan fingerprint density at radius 1 is 1.21 bits per heavy atom. The highest BCUT2D eigenvalue weighted by Crippen LogP contribution is 2.14. The van der Waals surface area contributed by atoms with Crippen molar-refractivity contribution in [3.8, 4) is 0 Å². The van der Waals surface area contributed by atoms with Crippen LogP contribution < -0.4 is 5.32 Å². The SMILES string of the molecule is CN(C)C(=O)C(C)(C)NC(=O)C(O)c1ccccc1. The van der Waals surface area contributed by atoms with E-state index in [-0.39, 0.29) is 5.91 Å². The van der Waals surface area contributed by atoms with Gasteiger partial charge in [0.25, 0.3) is 5.91 Å². The highest BCUT2D eigenvalue weighted by Gasteiger charge is 2.33. The molecule has 1 aromatic rings. The number of benzene rings is 1. The molecule has 104 valence electrons. The monoisotopic (exact) mass is 264 g/mol. The van der Waals surface area contributed by atoms with E-state index in [1.807, 2.05) is 0 Å². The predicted molar refractivity (Wildman–Crippen MR) is 72.3 cm³/mol. The number of nitrogens with one attached hydrogen (secondary N) is 1. The Bertz CT molecular complexity index is 455. The summed E-state index contributed by atoms with van der Waals surface area (Å²) < 4.78 is 0. The minimum atomic E-state index is -1.28. The number of hydrogen-bond acceptors (Lipinski definition) is 3. The number of aliphatic hydroxyl groups excluding tert-OH is 1. The first-order valence-corrected chi connectivity index (χ1v) is 6.02. The van der Waals surface area contributed by atoms with Crippen LogP contribution in [0.5, 0.6) is 0 Å². The number of carbonyl (C=O) groups excluding carboxylic acids is 2. The first kappa shape index (κ1) is 15.2. The Morgan fingerprint density at radius 2 is 1.74 bits per heavy atom. The Labute approximate surface area is 113 Å². The van der Waals surface area contributed by atoms with Gasteiger partial charge in [-0.15, -0.1) is 0 Å². The fourth-order valence-corrected chi connectivity index (χ4v) is 1.78. The lowest BCUT2D eigenvalue weighted by molar-refractivity contribution is -0.141. The van der Waals surface area contributed by atoms with Gasteiger partial charge in [0, 0.05) is 14.1 Å². The smallest absolute Gasteiger partial charge is 0.254 e. The average molecular weight is 264 g/mol. The third kappa shape index (κ3) is 3.79. The van der Waals surface area contributed by atoms with Gasteiger partial charge in [0.2, 0.25) is 5.91 Å². The van der Waals surface area contributed by atoms with Crippen LogP contribution in [-0.4, -0.2) is 41.5 Å². The molecule has 0 aliphatic heterocycles. The lowest BCUT2D eigenvalue weighted by atomic mass is 10.0. The van der Waals surface area contributed by atoms with E-state index in [1.165, 1.54) is 4.90 Å². The van der Waals surface area contributed by atoms with Crippen LogP contribution in [0.15, 0.2) is 30.3 Å². The quantitative estimate of drug-likeness (QED) is 0.841. The average Bonchev–Trinajstić information content (AvgIpc) is 2.37. The zero-order chi connectivity index (χ0) is 14.6. The number of rotatable bonds is 4. The van der Waals surface area contributed by atoms with Crippen LogP contribution in [0.2, 0.25) is 0 Å². The Balaban J connectivity index is 2.77. The van der Waals surface area contributed by atoms with Gasteiger partial charge in [-0.1, -0.05) is 30.3 Å². The van der Waals surface area contributed by atoms with E-state index < -0.39 is 17.6 Å². The molecule has 5 heteroatoms. The molecular formula is C14H20N2O3. The molecule has 0 fully saturated rings. The van der Waals surface area contributed by atoms with Crippen LogP contribution in [-0.2, 0) is 9.59 Å². The predicted octanol–water partition coefficient (Wildman–Crippen LogP) is 0.703. The second-order valence-corrected chi connectivity index (χ2v) is 5.13. The molecule has 0 aromatic heterocycles. The number of carbonyl (C=O) groups is 2. The van der Waals surface area contributed by atoms with Crippen molar-refractivity contribution in [2.45, 2.75) is 25.5 Å². The van der Waals surface area contributed by atoms with Gasteiger partial charge in [0.05, 0.1) is 0 Å². The van der Waals surface area contributed by atoms with Crippen LogP contribution in [0.3, 0.4) is 0 Å². The number of hydrogen-bond donors (Lipinski definition) is 2. The maximum atomic E-state index is 12.0. The standard InChI is InChI=1S/C14H20N2O3/c1-14(2,13(19)16(3)4)15-12(18)11(17)10-8-6-5-7-9-10/h5-9,11,17H,1-4H3,(H,15,18). The molecule has 5 nitrogen and oxygen atoms in total. The molecule has 0 aliphatic rings. The highest BCUT2D eigenvalue weighted by atomic mass is 16.3. The van der Waals surface area contributed by atoms with E-state index in [0.717, 1.165) is 0 Å². The molecule has 0 heterocycles. The molecule has 0 saturated heterocycles. The second kappa shape index (κ2) is 5.84. The first-order valence-electron chi connectivity index (χ1n) is 6.02. The largest absolute Gasteiger partial charge is 0.378 e. The van der Waals surface area contributed by atoms with Crippen molar-refractivity contribution in [1.82, 2.24) is 10.2 Å². The zero-order valence-electron chi connectivity index (χ0n) is 11.7. The Kier molecular flexibility index (Phi) is 4.67. The lowest BCUT2D eigenvalue weighted by Crippen LogP contribution is -2.55.